The van der Waals surface area contributed by atoms with Gasteiger partial charge in [-0.3, -0.25) is 9.78 Å². The standard InChI is InChI=1S/C18H22N4O3/c1-21(2)16-10-19-11-17(20-16)25-15-7-8-22(12-15)18(23)13-5-4-6-14(9-13)24-3/h4-6,9-11,15H,7-8,12H2,1-3H3. The lowest BCUT2D eigenvalue weighted by Gasteiger charge is -2.18. The second-order valence-electron chi connectivity index (χ2n) is 6.12. The largest absolute Gasteiger partial charge is 0.497 e. The maximum Gasteiger partial charge on any atom is 0.254 e. The summed E-state index contributed by atoms with van der Waals surface area (Å²) in [6.07, 6.45) is 3.96. The summed E-state index contributed by atoms with van der Waals surface area (Å²) in [7, 11) is 5.39. The Bertz CT molecular complexity index is 751. The Balaban J connectivity index is 1.63. The Morgan fingerprint density at radius 1 is 1.32 bits per heavy atom. The fourth-order valence-electron chi connectivity index (χ4n) is 2.73. The molecule has 132 valence electrons. The first-order valence-electron chi connectivity index (χ1n) is 8.16. The van der Waals surface area contributed by atoms with Gasteiger partial charge in [0.1, 0.15) is 11.9 Å². The van der Waals surface area contributed by atoms with Crippen molar-refractivity contribution < 1.29 is 14.3 Å². The molecule has 0 aliphatic carbocycles. The Morgan fingerprint density at radius 2 is 2.16 bits per heavy atom. The van der Waals surface area contributed by atoms with Gasteiger partial charge in [-0.2, -0.15) is 4.98 Å². The number of hydrogen-bond acceptors (Lipinski definition) is 6. The fraction of sp³-hybridized carbons (Fsp3) is 0.389. The molecule has 2 aromatic rings. The van der Waals surface area contributed by atoms with Gasteiger partial charge in [-0.1, -0.05) is 6.07 Å². The van der Waals surface area contributed by atoms with E-state index in [1.165, 1.54) is 0 Å². The Kier molecular flexibility index (Phi) is 5.02. The molecule has 0 spiro atoms. The predicted octanol–water partition coefficient (Wildman–Crippen LogP) is 1.84. The highest BCUT2D eigenvalue weighted by molar-refractivity contribution is 5.94. The van der Waals surface area contributed by atoms with Crippen LogP contribution in [-0.2, 0) is 0 Å². The molecule has 1 aromatic carbocycles. The monoisotopic (exact) mass is 342 g/mol. The lowest BCUT2D eigenvalue weighted by atomic mass is 10.2. The Morgan fingerprint density at radius 3 is 2.92 bits per heavy atom. The highest BCUT2D eigenvalue weighted by atomic mass is 16.5. The van der Waals surface area contributed by atoms with Crippen molar-refractivity contribution in [2.45, 2.75) is 12.5 Å². The van der Waals surface area contributed by atoms with Crippen molar-refractivity contribution >= 4 is 11.7 Å². The summed E-state index contributed by atoms with van der Waals surface area (Å²) < 4.78 is 11.1. The van der Waals surface area contributed by atoms with Crippen molar-refractivity contribution in [2.24, 2.45) is 0 Å². The van der Waals surface area contributed by atoms with Crippen LogP contribution in [-0.4, -0.2) is 61.2 Å². The van der Waals surface area contributed by atoms with Crippen molar-refractivity contribution in [3.63, 3.8) is 0 Å². The molecule has 0 bridgehead atoms. The van der Waals surface area contributed by atoms with Gasteiger partial charge in [0.15, 0.2) is 5.82 Å². The van der Waals surface area contributed by atoms with Gasteiger partial charge in [-0.05, 0) is 18.2 Å². The predicted molar refractivity (Wildman–Crippen MR) is 94.3 cm³/mol. The van der Waals surface area contributed by atoms with Gasteiger partial charge in [0.2, 0.25) is 5.88 Å². The van der Waals surface area contributed by atoms with Crippen LogP contribution in [0.3, 0.4) is 0 Å². The Labute approximate surface area is 147 Å². The van der Waals surface area contributed by atoms with E-state index in [1.54, 1.807) is 36.5 Å². The molecule has 1 amide bonds. The number of methoxy groups -OCH3 is 1. The smallest absolute Gasteiger partial charge is 0.254 e. The molecule has 3 rings (SSSR count). The van der Waals surface area contributed by atoms with Crippen LogP contribution in [0.15, 0.2) is 36.7 Å². The average Bonchev–Trinajstić information content (AvgIpc) is 3.09. The van der Waals surface area contributed by atoms with Gasteiger partial charge < -0.3 is 19.3 Å². The SMILES string of the molecule is COc1cccc(C(=O)N2CCC(Oc3cncc(N(C)C)n3)C2)c1. The summed E-state index contributed by atoms with van der Waals surface area (Å²) in [5.41, 5.74) is 0.620. The lowest BCUT2D eigenvalue weighted by molar-refractivity contribution is 0.0770. The minimum absolute atomic E-state index is 0.0156. The van der Waals surface area contributed by atoms with Gasteiger partial charge in [0.25, 0.3) is 5.91 Å². The van der Waals surface area contributed by atoms with E-state index in [2.05, 4.69) is 9.97 Å². The number of anilines is 1. The van der Waals surface area contributed by atoms with E-state index in [1.807, 2.05) is 31.1 Å². The third-order valence-corrected chi connectivity index (χ3v) is 4.09. The molecule has 7 nitrogen and oxygen atoms in total. The van der Waals surface area contributed by atoms with E-state index in [4.69, 9.17) is 9.47 Å². The summed E-state index contributed by atoms with van der Waals surface area (Å²) >= 11 is 0. The maximum absolute atomic E-state index is 12.6. The average molecular weight is 342 g/mol. The highest BCUT2D eigenvalue weighted by Crippen LogP contribution is 2.21. The highest BCUT2D eigenvalue weighted by Gasteiger charge is 2.28. The number of nitrogens with zero attached hydrogens (tertiary/aromatic N) is 4. The molecule has 1 aliphatic rings. The molecule has 1 aromatic heterocycles. The fourth-order valence-corrected chi connectivity index (χ4v) is 2.73. The van der Waals surface area contributed by atoms with E-state index in [0.717, 1.165) is 12.2 Å². The summed E-state index contributed by atoms with van der Waals surface area (Å²) in [4.78, 5) is 24.9. The quantitative estimate of drug-likeness (QED) is 0.826. The van der Waals surface area contributed by atoms with E-state index in [9.17, 15) is 4.79 Å². The first-order valence-corrected chi connectivity index (χ1v) is 8.16. The molecule has 25 heavy (non-hydrogen) atoms. The van der Waals surface area contributed by atoms with Crippen LogP contribution >= 0.6 is 0 Å². The van der Waals surface area contributed by atoms with E-state index in [0.29, 0.717) is 30.3 Å². The summed E-state index contributed by atoms with van der Waals surface area (Å²) in [5.74, 6) is 1.87. The molecule has 1 unspecified atom stereocenters. The molecule has 2 heterocycles. The third kappa shape index (κ3) is 3.99. The minimum Gasteiger partial charge on any atom is -0.497 e. The molecule has 1 aliphatic heterocycles. The second kappa shape index (κ2) is 7.38. The normalized spacial score (nSPS) is 16.6. The van der Waals surface area contributed by atoms with Crippen LogP contribution in [0.5, 0.6) is 11.6 Å². The Hall–Kier alpha value is -2.83. The topological polar surface area (TPSA) is 67.8 Å². The first kappa shape index (κ1) is 17.0. The van der Waals surface area contributed by atoms with Gasteiger partial charge in [0.05, 0.1) is 26.0 Å². The molecular formula is C18H22N4O3. The van der Waals surface area contributed by atoms with Crippen LogP contribution in [0.2, 0.25) is 0 Å². The molecule has 0 radical (unpaired) electrons. The zero-order valence-corrected chi connectivity index (χ0v) is 14.7. The van der Waals surface area contributed by atoms with Crippen molar-refractivity contribution in [3.8, 4) is 11.6 Å². The number of aromatic nitrogens is 2. The van der Waals surface area contributed by atoms with Crippen LogP contribution in [0.4, 0.5) is 5.82 Å². The van der Waals surface area contributed by atoms with Crippen LogP contribution in [0, 0.1) is 0 Å². The molecule has 0 saturated carbocycles. The number of amides is 1. The lowest BCUT2D eigenvalue weighted by Crippen LogP contribution is -2.31. The second-order valence-corrected chi connectivity index (χ2v) is 6.12. The summed E-state index contributed by atoms with van der Waals surface area (Å²) in [5, 5.41) is 0. The molecular weight excluding hydrogens is 320 g/mol. The van der Waals surface area contributed by atoms with Gasteiger partial charge in [0, 0.05) is 32.6 Å². The maximum atomic E-state index is 12.6. The zero-order chi connectivity index (χ0) is 17.8. The number of likely N-dealkylation sites (tertiary alicyclic amines) is 1. The number of ether oxygens (including phenoxy) is 2. The van der Waals surface area contributed by atoms with Crippen molar-refractivity contribution in [1.29, 1.82) is 0 Å². The molecule has 7 heteroatoms. The number of carbonyl (C=O) groups excluding carboxylic acids is 1. The van der Waals surface area contributed by atoms with Crippen molar-refractivity contribution in [3.05, 3.63) is 42.2 Å². The molecule has 1 fully saturated rings. The molecule has 1 saturated heterocycles. The van der Waals surface area contributed by atoms with Crippen LogP contribution in [0.25, 0.3) is 0 Å². The van der Waals surface area contributed by atoms with Crippen LogP contribution in [0.1, 0.15) is 16.8 Å². The zero-order valence-electron chi connectivity index (χ0n) is 14.7. The number of carbonyl (C=O) groups is 1. The minimum atomic E-state index is -0.0822. The van der Waals surface area contributed by atoms with Gasteiger partial charge in [-0.25, -0.2) is 0 Å². The molecule has 1 atom stereocenters. The van der Waals surface area contributed by atoms with Crippen molar-refractivity contribution in [1.82, 2.24) is 14.9 Å². The van der Waals surface area contributed by atoms with E-state index >= 15 is 0 Å². The summed E-state index contributed by atoms with van der Waals surface area (Å²) in [6, 6.07) is 7.19. The summed E-state index contributed by atoms with van der Waals surface area (Å²) in [6.45, 7) is 1.19. The number of rotatable bonds is 5. The number of benzene rings is 1. The molecule has 0 N–H and O–H groups in total. The van der Waals surface area contributed by atoms with Gasteiger partial charge >= 0.3 is 0 Å². The van der Waals surface area contributed by atoms with E-state index < -0.39 is 0 Å². The van der Waals surface area contributed by atoms with Crippen LogP contribution < -0.4 is 14.4 Å². The van der Waals surface area contributed by atoms with E-state index in [-0.39, 0.29) is 12.0 Å². The third-order valence-electron chi connectivity index (χ3n) is 4.09. The number of hydrogen-bond donors (Lipinski definition) is 0. The van der Waals surface area contributed by atoms with Crippen molar-refractivity contribution in [2.75, 3.05) is 39.2 Å². The first-order chi connectivity index (χ1) is 12.1. The van der Waals surface area contributed by atoms with Gasteiger partial charge in [-0.15, -0.1) is 0 Å².